The highest BCUT2D eigenvalue weighted by atomic mass is 32.1. The molecule has 2 N–H and O–H groups in total. The second-order valence-electron chi connectivity index (χ2n) is 7.00. The molecule has 6 heteroatoms. The zero-order valence-electron chi connectivity index (χ0n) is 12.8. The van der Waals surface area contributed by atoms with Crippen molar-refractivity contribution in [1.29, 1.82) is 0 Å². The molecule has 1 aliphatic heterocycles. The Morgan fingerprint density at radius 3 is 3.05 bits per heavy atom. The van der Waals surface area contributed by atoms with Crippen LogP contribution < -0.4 is 5.32 Å². The van der Waals surface area contributed by atoms with Gasteiger partial charge in [-0.2, -0.15) is 0 Å². The molecule has 1 aromatic rings. The minimum absolute atomic E-state index is 0.0210. The predicted molar refractivity (Wildman–Crippen MR) is 86.2 cm³/mol. The maximum Gasteiger partial charge on any atom is 0.273 e. The number of likely N-dealkylation sites (tertiary alicyclic amines) is 1. The molecule has 1 aromatic heterocycles. The summed E-state index contributed by atoms with van der Waals surface area (Å²) in [5.74, 6) is 0.259. The molecule has 3 aliphatic rings. The molecular weight excluding hydrogens is 298 g/mol. The van der Waals surface area contributed by atoms with Crippen LogP contribution in [0.3, 0.4) is 0 Å². The van der Waals surface area contributed by atoms with Gasteiger partial charge < -0.3 is 15.3 Å². The number of fused-ring (bicyclic) bond motifs is 1. The van der Waals surface area contributed by atoms with Gasteiger partial charge in [0.15, 0.2) is 5.13 Å². The van der Waals surface area contributed by atoms with Gasteiger partial charge in [-0.15, -0.1) is 11.3 Å². The van der Waals surface area contributed by atoms with Crippen LogP contribution in [-0.4, -0.2) is 45.6 Å². The van der Waals surface area contributed by atoms with Crippen LogP contribution in [-0.2, 0) is 0 Å². The Hall–Kier alpha value is -1.14. The van der Waals surface area contributed by atoms with E-state index in [1.54, 1.807) is 0 Å². The Morgan fingerprint density at radius 1 is 1.36 bits per heavy atom. The van der Waals surface area contributed by atoms with Gasteiger partial charge in [-0.1, -0.05) is 12.8 Å². The average molecular weight is 321 g/mol. The van der Waals surface area contributed by atoms with E-state index in [0.29, 0.717) is 31.2 Å². The zero-order chi connectivity index (χ0) is 15.2. The van der Waals surface area contributed by atoms with Gasteiger partial charge in [-0.25, -0.2) is 4.98 Å². The molecule has 2 atom stereocenters. The van der Waals surface area contributed by atoms with Gasteiger partial charge in [-0.05, 0) is 32.1 Å². The second kappa shape index (κ2) is 5.49. The Labute approximate surface area is 134 Å². The first-order valence-electron chi connectivity index (χ1n) is 8.38. The lowest BCUT2D eigenvalue weighted by atomic mass is 9.71. The fraction of sp³-hybridized carbons (Fsp3) is 0.750. The van der Waals surface area contributed by atoms with Crippen molar-refractivity contribution in [3.63, 3.8) is 0 Å². The topological polar surface area (TPSA) is 65.5 Å². The van der Waals surface area contributed by atoms with Gasteiger partial charge in [0.2, 0.25) is 0 Å². The van der Waals surface area contributed by atoms with Crippen LogP contribution in [0.25, 0.3) is 0 Å². The molecule has 2 saturated carbocycles. The normalized spacial score (nSPS) is 31.7. The standard InChI is InChI=1S/C16H23N3O2S/c20-14(13-10-22-15(18-13)17-12-4-5-12)19-8-7-16(21)6-2-1-3-11(16)9-19/h10-12,21H,1-9H2,(H,17,18)/t11-,16-/m1/s1. The molecule has 0 unspecified atom stereocenters. The van der Waals surface area contributed by atoms with Crippen LogP contribution in [0.15, 0.2) is 5.38 Å². The van der Waals surface area contributed by atoms with Crippen molar-refractivity contribution in [1.82, 2.24) is 9.88 Å². The van der Waals surface area contributed by atoms with Crippen LogP contribution in [0.4, 0.5) is 5.13 Å². The molecule has 1 amide bonds. The zero-order valence-corrected chi connectivity index (χ0v) is 13.6. The Morgan fingerprint density at radius 2 is 2.23 bits per heavy atom. The Bertz CT molecular complexity index is 571. The lowest BCUT2D eigenvalue weighted by Crippen LogP contribution is -2.54. The molecule has 2 heterocycles. The monoisotopic (exact) mass is 321 g/mol. The number of aromatic nitrogens is 1. The van der Waals surface area contributed by atoms with Crippen molar-refractivity contribution in [2.75, 3.05) is 18.4 Å². The molecule has 0 aromatic carbocycles. The summed E-state index contributed by atoms with van der Waals surface area (Å²) in [5, 5.41) is 16.8. The number of nitrogens with zero attached hydrogens (tertiary/aromatic N) is 2. The molecule has 1 saturated heterocycles. The first-order valence-corrected chi connectivity index (χ1v) is 9.26. The van der Waals surface area contributed by atoms with Gasteiger partial charge >= 0.3 is 0 Å². The number of carbonyl (C=O) groups excluding carboxylic acids is 1. The third-order valence-electron chi connectivity index (χ3n) is 5.34. The van der Waals surface area contributed by atoms with Crippen molar-refractivity contribution in [2.24, 2.45) is 5.92 Å². The van der Waals surface area contributed by atoms with Crippen LogP contribution in [0, 0.1) is 5.92 Å². The molecule has 5 nitrogen and oxygen atoms in total. The summed E-state index contributed by atoms with van der Waals surface area (Å²) in [6.07, 6.45) is 7.33. The Balaban J connectivity index is 1.43. The predicted octanol–water partition coefficient (Wildman–Crippen LogP) is 2.48. The maximum absolute atomic E-state index is 12.7. The number of carbonyl (C=O) groups is 1. The van der Waals surface area contributed by atoms with Crippen molar-refractivity contribution >= 4 is 22.4 Å². The first kappa shape index (κ1) is 14.5. The molecule has 0 bridgehead atoms. The summed E-state index contributed by atoms with van der Waals surface area (Å²) in [5.41, 5.74) is 0.0184. The molecule has 0 radical (unpaired) electrons. The molecular formula is C16H23N3O2S. The lowest BCUT2D eigenvalue weighted by molar-refractivity contribution is -0.0886. The van der Waals surface area contributed by atoms with Gasteiger partial charge in [0.1, 0.15) is 5.69 Å². The van der Waals surface area contributed by atoms with E-state index < -0.39 is 5.60 Å². The van der Waals surface area contributed by atoms with E-state index in [0.717, 1.165) is 24.4 Å². The number of piperidine rings is 1. The number of thiazole rings is 1. The minimum atomic E-state index is -0.532. The number of hydrogen-bond acceptors (Lipinski definition) is 5. The van der Waals surface area contributed by atoms with E-state index in [9.17, 15) is 9.90 Å². The highest BCUT2D eigenvalue weighted by Gasteiger charge is 2.44. The van der Waals surface area contributed by atoms with Crippen molar-refractivity contribution in [3.8, 4) is 0 Å². The number of amides is 1. The molecule has 120 valence electrons. The Kier molecular flexibility index (Phi) is 3.61. The quantitative estimate of drug-likeness (QED) is 0.898. The molecule has 22 heavy (non-hydrogen) atoms. The maximum atomic E-state index is 12.7. The molecule has 4 rings (SSSR count). The fourth-order valence-corrected chi connectivity index (χ4v) is 4.52. The number of nitrogens with one attached hydrogen (secondary N) is 1. The third kappa shape index (κ3) is 2.74. The highest BCUT2D eigenvalue weighted by molar-refractivity contribution is 7.13. The summed E-state index contributed by atoms with van der Waals surface area (Å²) in [7, 11) is 0. The summed E-state index contributed by atoms with van der Waals surface area (Å²) in [4.78, 5) is 19.0. The van der Waals surface area contributed by atoms with Crippen LogP contribution >= 0.6 is 11.3 Å². The van der Waals surface area contributed by atoms with E-state index in [-0.39, 0.29) is 11.8 Å². The molecule has 3 fully saturated rings. The number of hydrogen-bond donors (Lipinski definition) is 2. The van der Waals surface area contributed by atoms with Crippen LogP contribution in [0.5, 0.6) is 0 Å². The largest absolute Gasteiger partial charge is 0.389 e. The number of aliphatic hydroxyl groups is 1. The third-order valence-corrected chi connectivity index (χ3v) is 6.12. The SMILES string of the molecule is O=C(c1csc(NC2CC2)n1)N1CC[C@]2(O)CCCC[C@@H]2C1. The fourth-order valence-electron chi connectivity index (χ4n) is 3.76. The van der Waals surface area contributed by atoms with Crippen molar-refractivity contribution in [3.05, 3.63) is 11.1 Å². The summed E-state index contributed by atoms with van der Waals surface area (Å²) in [6.45, 7) is 1.33. The van der Waals surface area contributed by atoms with Gasteiger partial charge in [0.05, 0.1) is 5.60 Å². The van der Waals surface area contributed by atoms with E-state index in [1.807, 2.05) is 10.3 Å². The minimum Gasteiger partial charge on any atom is -0.389 e. The van der Waals surface area contributed by atoms with Crippen LogP contribution in [0.2, 0.25) is 0 Å². The average Bonchev–Trinajstić information content (AvgIpc) is 3.21. The highest BCUT2D eigenvalue weighted by Crippen LogP contribution is 2.40. The number of rotatable bonds is 3. The summed E-state index contributed by atoms with van der Waals surface area (Å²) in [6, 6.07) is 0.557. The summed E-state index contributed by atoms with van der Waals surface area (Å²) < 4.78 is 0. The lowest BCUT2D eigenvalue weighted by Gasteiger charge is -2.47. The van der Waals surface area contributed by atoms with Crippen molar-refractivity contribution < 1.29 is 9.90 Å². The molecule has 2 aliphatic carbocycles. The van der Waals surface area contributed by atoms with E-state index in [2.05, 4.69) is 10.3 Å². The van der Waals surface area contributed by atoms with E-state index in [4.69, 9.17) is 0 Å². The van der Waals surface area contributed by atoms with Crippen LogP contribution in [0.1, 0.15) is 55.4 Å². The smallest absolute Gasteiger partial charge is 0.273 e. The second-order valence-corrected chi connectivity index (χ2v) is 7.86. The van der Waals surface area contributed by atoms with Crippen molar-refractivity contribution in [2.45, 2.75) is 56.6 Å². The number of anilines is 1. The summed E-state index contributed by atoms with van der Waals surface area (Å²) >= 11 is 1.51. The molecule has 0 spiro atoms. The van der Waals surface area contributed by atoms with Gasteiger partial charge in [0, 0.05) is 30.4 Å². The first-order chi connectivity index (χ1) is 10.6. The van der Waals surface area contributed by atoms with Gasteiger partial charge in [-0.3, -0.25) is 4.79 Å². The van der Waals surface area contributed by atoms with Gasteiger partial charge in [0.25, 0.3) is 5.91 Å². The van der Waals surface area contributed by atoms with E-state index >= 15 is 0 Å². The van der Waals surface area contributed by atoms with E-state index in [1.165, 1.54) is 30.6 Å².